The maximum Gasteiger partial charge on any atom is 0.215 e. The standard InChI is InChI=1S/C17H30N2O/c1-3-5-6-7-8-9-10-11-15-18-16-13-12-14-17(19-16)20-4-2/h12-14H,3-11,15H2,1-2H3,(H,18,19). The Morgan fingerprint density at radius 2 is 1.65 bits per heavy atom. The summed E-state index contributed by atoms with van der Waals surface area (Å²) in [5.74, 6) is 1.62. The van der Waals surface area contributed by atoms with E-state index >= 15 is 0 Å². The van der Waals surface area contributed by atoms with Crippen LogP contribution in [0.25, 0.3) is 0 Å². The van der Waals surface area contributed by atoms with E-state index in [1.54, 1.807) is 0 Å². The molecule has 0 aliphatic rings. The van der Waals surface area contributed by atoms with Crippen LogP contribution in [0, 0.1) is 0 Å². The first-order valence-electron chi connectivity index (χ1n) is 8.20. The van der Waals surface area contributed by atoms with E-state index < -0.39 is 0 Å². The van der Waals surface area contributed by atoms with Gasteiger partial charge in [-0.15, -0.1) is 0 Å². The van der Waals surface area contributed by atoms with E-state index in [1.807, 2.05) is 25.1 Å². The van der Waals surface area contributed by atoms with Gasteiger partial charge in [-0.25, -0.2) is 0 Å². The van der Waals surface area contributed by atoms with Gasteiger partial charge < -0.3 is 10.1 Å². The van der Waals surface area contributed by atoms with Crippen molar-refractivity contribution in [2.24, 2.45) is 0 Å². The topological polar surface area (TPSA) is 34.1 Å². The molecule has 1 aromatic rings. The van der Waals surface area contributed by atoms with Gasteiger partial charge in [0.2, 0.25) is 5.88 Å². The van der Waals surface area contributed by atoms with Crippen LogP contribution in [0.15, 0.2) is 18.2 Å². The fraction of sp³-hybridized carbons (Fsp3) is 0.706. The van der Waals surface area contributed by atoms with Gasteiger partial charge in [-0.3, -0.25) is 0 Å². The molecule has 0 aliphatic carbocycles. The minimum Gasteiger partial charge on any atom is -0.478 e. The summed E-state index contributed by atoms with van der Waals surface area (Å²) in [6.45, 7) is 5.90. The Morgan fingerprint density at radius 1 is 0.950 bits per heavy atom. The Balaban J connectivity index is 2.02. The van der Waals surface area contributed by atoms with E-state index in [0.717, 1.165) is 12.4 Å². The van der Waals surface area contributed by atoms with Crippen LogP contribution >= 0.6 is 0 Å². The molecular weight excluding hydrogens is 248 g/mol. The first-order valence-corrected chi connectivity index (χ1v) is 8.20. The summed E-state index contributed by atoms with van der Waals surface area (Å²) in [5, 5.41) is 3.36. The number of ether oxygens (including phenoxy) is 1. The van der Waals surface area contributed by atoms with Gasteiger partial charge in [-0.1, -0.05) is 57.9 Å². The van der Waals surface area contributed by atoms with Gasteiger partial charge in [0.15, 0.2) is 0 Å². The Hall–Kier alpha value is -1.25. The molecule has 0 fully saturated rings. The third-order valence-corrected chi connectivity index (χ3v) is 3.35. The molecule has 0 aromatic carbocycles. The maximum atomic E-state index is 5.39. The van der Waals surface area contributed by atoms with Crippen molar-refractivity contribution in [1.29, 1.82) is 0 Å². The zero-order valence-electron chi connectivity index (χ0n) is 13.2. The van der Waals surface area contributed by atoms with Crippen LogP contribution in [0.1, 0.15) is 65.2 Å². The van der Waals surface area contributed by atoms with Crippen molar-refractivity contribution in [2.75, 3.05) is 18.5 Å². The summed E-state index contributed by atoms with van der Waals surface area (Å²) in [5.41, 5.74) is 0. The summed E-state index contributed by atoms with van der Waals surface area (Å²) in [4.78, 5) is 4.40. The van der Waals surface area contributed by atoms with Gasteiger partial charge in [0, 0.05) is 12.6 Å². The first kappa shape index (κ1) is 16.8. The minimum atomic E-state index is 0.661. The molecule has 0 saturated heterocycles. The average Bonchev–Trinajstić information content (AvgIpc) is 2.46. The fourth-order valence-corrected chi connectivity index (χ4v) is 2.22. The average molecular weight is 278 g/mol. The molecule has 114 valence electrons. The van der Waals surface area contributed by atoms with Gasteiger partial charge in [0.05, 0.1) is 6.61 Å². The SMILES string of the molecule is CCCCCCCCCCNc1cccc(OCC)n1. The Bertz CT molecular complexity index is 342. The lowest BCUT2D eigenvalue weighted by Gasteiger charge is -2.07. The van der Waals surface area contributed by atoms with Crippen molar-refractivity contribution in [3.8, 4) is 5.88 Å². The van der Waals surface area contributed by atoms with E-state index in [0.29, 0.717) is 12.5 Å². The summed E-state index contributed by atoms with van der Waals surface area (Å²) < 4.78 is 5.39. The molecule has 1 aromatic heterocycles. The number of pyridine rings is 1. The van der Waals surface area contributed by atoms with E-state index in [1.165, 1.54) is 51.4 Å². The number of anilines is 1. The second-order valence-electron chi connectivity index (χ2n) is 5.20. The second kappa shape index (κ2) is 11.6. The van der Waals surface area contributed by atoms with Crippen molar-refractivity contribution in [2.45, 2.75) is 65.2 Å². The monoisotopic (exact) mass is 278 g/mol. The van der Waals surface area contributed by atoms with Crippen molar-refractivity contribution < 1.29 is 4.74 Å². The number of aromatic nitrogens is 1. The summed E-state index contributed by atoms with van der Waals surface area (Å²) in [6.07, 6.45) is 10.8. The fourth-order valence-electron chi connectivity index (χ4n) is 2.22. The van der Waals surface area contributed by atoms with E-state index in [-0.39, 0.29) is 0 Å². The number of nitrogens with zero attached hydrogens (tertiary/aromatic N) is 1. The van der Waals surface area contributed by atoms with E-state index in [2.05, 4.69) is 17.2 Å². The molecule has 3 heteroatoms. The molecule has 0 spiro atoms. The molecule has 0 saturated carbocycles. The number of rotatable bonds is 12. The predicted octanol–water partition coefficient (Wildman–Crippen LogP) is 5.03. The molecule has 20 heavy (non-hydrogen) atoms. The largest absolute Gasteiger partial charge is 0.478 e. The minimum absolute atomic E-state index is 0.661. The molecule has 0 atom stereocenters. The van der Waals surface area contributed by atoms with Gasteiger partial charge >= 0.3 is 0 Å². The number of hydrogen-bond acceptors (Lipinski definition) is 3. The molecule has 0 aliphatic heterocycles. The smallest absolute Gasteiger partial charge is 0.215 e. The Kier molecular flexibility index (Phi) is 9.72. The van der Waals surface area contributed by atoms with Gasteiger partial charge in [0.25, 0.3) is 0 Å². The number of nitrogens with one attached hydrogen (secondary N) is 1. The summed E-state index contributed by atoms with van der Waals surface area (Å²) in [6, 6.07) is 5.87. The summed E-state index contributed by atoms with van der Waals surface area (Å²) in [7, 11) is 0. The lowest BCUT2D eigenvalue weighted by Crippen LogP contribution is -2.04. The van der Waals surface area contributed by atoms with Crippen molar-refractivity contribution in [1.82, 2.24) is 4.98 Å². The van der Waals surface area contributed by atoms with Crippen molar-refractivity contribution in [3.05, 3.63) is 18.2 Å². The quantitative estimate of drug-likeness (QED) is 0.544. The maximum absolute atomic E-state index is 5.39. The zero-order chi connectivity index (χ0) is 14.5. The highest BCUT2D eigenvalue weighted by Gasteiger charge is 1.97. The van der Waals surface area contributed by atoms with Crippen LogP contribution in [0.3, 0.4) is 0 Å². The molecule has 3 nitrogen and oxygen atoms in total. The van der Waals surface area contributed by atoms with Gasteiger partial charge in [-0.05, 0) is 19.4 Å². The highest BCUT2D eigenvalue weighted by Crippen LogP contribution is 2.12. The van der Waals surface area contributed by atoms with Crippen LogP contribution in [0.5, 0.6) is 5.88 Å². The lowest BCUT2D eigenvalue weighted by molar-refractivity contribution is 0.327. The van der Waals surface area contributed by atoms with E-state index in [4.69, 9.17) is 4.74 Å². The Labute approximate surface area is 124 Å². The van der Waals surface area contributed by atoms with Crippen LogP contribution < -0.4 is 10.1 Å². The highest BCUT2D eigenvalue weighted by atomic mass is 16.5. The predicted molar refractivity (Wildman–Crippen MR) is 86.5 cm³/mol. The lowest BCUT2D eigenvalue weighted by atomic mass is 10.1. The molecule has 1 N–H and O–H groups in total. The molecule has 0 radical (unpaired) electrons. The molecule has 1 heterocycles. The number of hydrogen-bond donors (Lipinski definition) is 1. The van der Waals surface area contributed by atoms with Crippen LogP contribution in [-0.4, -0.2) is 18.1 Å². The molecular formula is C17H30N2O. The van der Waals surface area contributed by atoms with Gasteiger partial charge in [0.1, 0.15) is 5.82 Å². The van der Waals surface area contributed by atoms with Crippen LogP contribution in [0.2, 0.25) is 0 Å². The molecule has 0 bridgehead atoms. The van der Waals surface area contributed by atoms with Gasteiger partial charge in [-0.2, -0.15) is 4.98 Å². The first-order chi connectivity index (χ1) is 9.86. The third kappa shape index (κ3) is 8.03. The third-order valence-electron chi connectivity index (χ3n) is 3.35. The summed E-state index contributed by atoms with van der Waals surface area (Å²) >= 11 is 0. The Morgan fingerprint density at radius 3 is 2.35 bits per heavy atom. The van der Waals surface area contributed by atoms with E-state index in [9.17, 15) is 0 Å². The van der Waals surface area contributed by atoms with Crippen molar-refractivity contribution in [3.63, 3.8) is 0 Å². The highest BCUT2D eigenvalue weighted by molar-refractivity contribution is 5.36. The molecule has 1 rings (SSSR count). The van der Waals surface area contributed by atoms with Crippen molar-refractivity contribution >= 4 is 5.82 Å². The van der Waals surface area contributed by atoms with Crippen LogP contribution in [-0.2, 0) is 0 Å². The molecule has 0 unspecified atom stereocenters. The molecule has 0 amide bonds. The number of unbranched alkanes of at least 4 members (excludes halogenated alkanes) is 7. The van der Waals surface area contributed by atoms with Crippen LogP contribution in [0.4, 0.5) is 5.82 Å². The zero-order valence-corrected chi connectivity index (χ0v) is 13.2. The second-order valence-corrected chi connectivity index (χ2v) is 5.20. The normalized spacial score (nSPS) is 10.5.